The summed E-state index contributed by atoms with van der Waals surface area (Å²) < 4.78 is 40.5. The molecule has 0 spiro atoms. The van der Waals surface area contributed by atoms with Crippen molar-refractivity contribution >= 4 is 38.5 Å². The molecule has 0 aliphatic carbocycles. The Bertz CT molecular complexity index is 370. The number of pyridine rings is 1. The largest absolute Gasteiger partial charge is 0.573 e. The lowest BCUT2D eigenvalue weighted by molar-refractivity contribution is -0.275. The van der Waals surface area contributed by atoms with Crippen LogP contribution in [0.4, 0.5) is 13.2 Å². The Labute approximate surface area is 106 Å². The number of hydrogen-bond donors (Lipinski definition) is 0. The fraction of sp³-hybridized carbons (Fsp3) is 0.375. The molecule has 1 aromatic heterocycles. The van der Waals surface area contributed by atoms with E-state index in [0.29, 0.717) is 20.2 Å². The predicted octanol–water partition coefficient (Wildman–Crippen LogP) is 3.79. The molecule has 0 aliphatic heterocycles. The van der Waals surface area contributed by atoms with E-state index in [9.17, 15) is 13.2 Å². The molecule has 0 fully saturated rings. The number of ether oxygens (including phenoxy) is 1. The molecule has 7 heteroatoms. The standard InChI is InChI=1S/C8H6BrF3INO/c1-4-5(2-9)7(13)14-3-6(4)15-8(10,11)12/h3H,2H2,1H3. The molecular weight excluding hydrogens is 390 g/mol. The molecule has 84 valence electrons. The molecule has 0 atom stereocenters. The molecule has 0 unspecified atom stereocenters. The van der Waals surface area contributed by atoms with Crippen molar-refractivity contribution in [1.82, 2.24) is 4.98 Å². The van der Waals surface area contributed by atoms with Gasteiger partial charge in [0.15, 0.2) is 5.75 Å². The van der Waals surface area contributed by atoms with E-state index in [-0.39, 0.29) is 5.75 Å². The second-order valence-electron chi connectivity index (χ2n) is 2.70. The second kappa shape index (κ2) is 4.86. The van der Waals surface area contributed by atoms with Crippen molar-refractivity contribution in [3.8, 4) is 5.75 Å². The summed E-state index contributed by atoms with van der Waals surface area (Å²) in [5.41, 5.74) is 1.15. The Morgan fingerprint density at radius 2 is 2.13 bits per heavy atom. The van der Waals surface area contributed by atoms with Gasteiger partial charge in [0.1, 0.15) is 3.70 Å². The van der Waals surface area contributed by atoms with Crippen LogP contribution in [0.5, 0.6) is 5.75 Å². The molecule has 0 aromatic carbocycles. The summed E-state index contributed by atoms with van der Waals surface area (Å²) in [5.74, 6) is -0.252. The molecule has 0 N–H and O–H groups in total. The van der Waals surface area contributed by atoms with E-state index in [1.165, 1.54) is 0 Å². The van der Waals surface area contributed by atoms with Crippen LogP contribution in [0, 0.1) is 10.6 Å². The molecule has 1 aromatic rings. The molecule has 15 heavy (non-hydrogen) atoms. The SMILES string of the molecule is Cc1c(OC(F)(F)F)cnc(I)c1CBr. The van der Waals surface area contributed by atoms with Gasteiger partial charge in [-0.1, -0.05) is 15.9 Å². The first-order chi connectivity index (χ1) is 6.85. The van der Waals surface area contributed by atoms with Crippen LogP contribution in [0.15, 0.2) is 6.20 Å². The normalized spacial score (nSPS) is 11.6. The summed E-state index contributed by atoms with van der Waals surface area (Å²) in [6.07, 6.45) is -3.60. The van der Waals surface area contributed by atoms with Gasteiger partial charge >= 0.3 is 6.36 Å². The topological polar surface area (TPSA) is 22.1 Å². The smallest absolute Gasteiger partial charge is 0.404 e. The van der Waals surface area contributed by atoms with Crippen LogP contribution in [0.25, 0.3) is 0 Å². The number of aromatic nitrogens is 1. The van der Waals surface area contributed by atoms with Crippen LogP contribution in [0.1, 0.15) is 11.1 Å². The molecule has 1 heterocycles. The van der Waals surface area contributed by atoms with Crippen LogP contribution in [0.3, 0.4) is 0 Å². The minimum absolute atomic E-state index is 0.252. The third-order valence-corrected chi connectivity index (χ3v) is 3.22. The minimum Gasteiger partial charge on any atom is -0.404 e. The lowest BCUT2D eigenvalue weighted by Crippen LogP contribution is -2.18. The lowest BCUT2D eigenvalue weighted by atomic mass is 10.2. The van der Waals surface area contributed by atoms with E-state index >= 15 is 0 Å². The Hall–Kier alpha value is -0.0500. The van der Waals surface area contributed by atoms with Crippen molar-refractivity contribution in [2.45, 2.75) is 18.6 Å². The number of rotatable bonds is 2. The van der Waals surface area contributed by atoms with Gasteiger partial charge in [0.2, 0.25) is 0 Å². The molecule has 0 bridgehead atoms. The van der Waals surface area contributed by atoms with Crippen molar-refractivity contribution in [2.75, 3.05) is 0 Å². The lowest BCUT2D eigenvalue weighted by Gasteiger charge is -2.13. The second-order valence-corrected chi connectivity index (χ2v) is 4.28. The van der Waals surface area contributed by atoms with Crippen LogP contribution in [0.2, 0.25) is 0 Å². The highest BCUT2D eigenvalue weighted by Gasteiger charge is 2.32. The molecular formula is C8H6BrF3INO. The average molecular weight is 396 g/mol. The first kappa shape index (κ1) is 13.0. The summed E-state index contributed by atoms with van der Waals surface area (Å²) in [5, 5.41) is 0.444. The van der Waals surface area contributed by atoms with E-state index in [2.05, 4.69) is 25.7 Å². The highest BCUT2D eigenvalue weighted by Crippen LogP contribution is 2.29. The summed E-state index contributed by atoms with van der Waals surface area (Å²) in [6, 6.07) is 0. The highest BCUT2D eigenvalue weighted by atomic mass is 127. The zero-order valence-corrected chi connectivity index (χ0v) is 11.3. The van der Waals surface area contributed by atoms with Crippen molar-refractivity contribution in [3.63, 3.8) is 0 Å². The van der Waals surface area contributed by atoms with E-state index in [1.54, 1.807) is 6.92 Å². The molecule has 0 saturated carbocycles. The Kier molecular flexibility index (Phi) is 4.21. The van der Waals surface area contributed by atoms with Gasteiger partial charge in [-0.3, -0.25) is 0 Å². The Morgan fingerprint density at radius 1 is 1.53 bits per heavy atom. The Morgan fingerprint density at radius 3 is 2.60 bits per heavy atom. The van der Waals surface area contributed by atoms with Crippen molar-refractivity contribution in [2.24, 2.45) is 0 Å². The fourth-order valence-corrected chi connectivity index (χ4v) is 2.92. The summed E-state index contributed by atoms with van der Waals surface area (Å²) in [4.78, 5) is 3.83. The van der Waals surface area contributed by atoms with Gasteiger partial charge in [-0.2, -0.15) is 0 Å². The number of nitrogens with zero attached hydrogens (tertiary/aromatic N) is 1. The average Bonchev–Trinajstić information content (AvgIpc) is 2.09. The summed E-state index contributed by atoms with van der Waals surface area (Å²) in [6.45, 7) is 1.57. The van der Waals surface area contributed by atoms with Crippen LogP contribution >= 0.6 is 38.5 Å². The van der Waals surface area contributed by atoms with Gasteiger partial charge in [-0.15, -0.1) is 13.2 Å². The van der Waals surface area contributed by atoms with Crippen LogP contribution in [-0.2, 0) is 5.33 Å². The van der Waals surface area contributed by atoms with Gasteiger partial charge < -0.3 is 4.74 Å². The van der Waals surface area contributed by atoms with Crippen molar-refractivity contribution < 1.29 is 17.9 Å². The van der Waals surface area contributed by atoms with Gasteiger partial charge in [0.25, 0.3) is 0 Å². The van der Waals surface area contributed by atoms with E-state index in [1.807, 2.05) is 22.6 Å². The third-order valence-electron chi connectivity index (χ3n) is 1.73. The van der Waals surface area contributed by atoms with Gasteiger partial charge in [-0.25, -0.2) is 4.98 Å². The number of hydrogen-bond acceptors (Lipinski definition) is 2. The molecule has 0 aliphatic rings. The van der Waals surface area contributed by atoms with E-state index < -0.39 is 6.36 Å². The quantitative estimate of drug-likeness (QED) is 0.432. The zero-order valence-electron chi connectivity index (χ0n) is 7.53. The molecule has 0 saturated heterocycles. The van der Waals surface area contributed by atoms with Gasteiger partial charge in [0.05, 0.1) is 6.20 Å². The minimum atomic E-state index is -4.68. The summed E-state index contributed by atoms with van der Waals surface area (Å²) in [7, 11) is 0. The monoisotopic (exact) mass is 395 g/mol. The first-order valence-electron chi connectivity index (χ1n) is 3.81. The number of alkyl halides is 4. The molecule has 2 nitrogen and oxygen atoms in total. The maximum atomic E-state index is 12.0. The predicted molar refractivity (Wildman–Crippen MR) is 61.0 cm³/mol. The Balaban J connectivity index is 3.11. The van der Waals surface area contributed by atoms with E-state index in [0.717, 1.165) is 6.20 Å². The van der Waals surface area contributed by atoms with Crippen molar-refractivity contribution in [1.29, 1.82) is 0 Å². The van der Waals surface area contributed by atoms with Gasteiger partial charge in [-0.05, 0) is 35.1 Å². The fourth-order valence-electron chi connectivity index (χ4n) is 0.976. The summed E-state index contributed by atoms with van der Waals surface area (Å²) >= 11 is 5.15. The highest BCUT2D eigenvalue weighted by molar-refractivity contribution is 14.1. The third kappa shape index (κ3) is 3.47. The van der Waals surface area contributed by atoms with E-state index in [4.69, 9.17) is 0 Å². The maximum absolute atomic E-state index is 12.0. The van der Waals surface area contributed by atoms with Crippen LogP contribution in [-0.4, -0.2) is 11.3 Å². The van der Waals surface area contributed by atoms with Gasteiger partial charge in [0, 0.05) is 10.9 Å². The maximum Gasteiger partial charge on any atom is 0.573 e. The molecule has 1 rings (SSSR count). The molecule has 0 amide bonds. The van der Waals surface area contributed by atoms with Crippen LogP contribution < -0.4 is 4.74 Å². The first-order valence-corrected chi connectivity index (χ1v) is 6.01. The zero-order chi connectivity index (χ0) is 11.6. The number of halogens is 5. The molecule has 0 radical (unpaired) electrons. The van der Waals surface area contributed by atoms with Crippen molar-refractivity contribution in [3.05, 3.63) is 21.0 Å².